The third-order valence-corrected chi connectivity index (χ3v) is 2.88. The summed E-state index contributed by atoms with van der Waals surface area (Å²) in [7, 11) is 1.51. The standard InChI is InChI=1S/C12H16O4/c1-15-10-7-6-9(13)11(14)12(10)16-8-4-2-3-5-8/h6-8,13-14H,2-5H2,1H3. The SMILES string of the molecule is COc1ccc(O)c(O)c1OC1CCCC1. The predicted octanol–water partition coefficient (Wildman–Crippen LogP) is 2.43. The largest absolute Gasteiger partial charge is 0.504 e. The molecule has 0 bridgehead atoms. The summed E-state index contributed by atoms with van der Waals surface area (Å²) in [5, 5.41) is 19.1. The Kier molecular flexibility index (Phi) is 3.08. The van der Waals surface area contributed by atoms with Gasteiger partial charge in [-0.05, 0) is 37.8 Å². The fraction of sp³-hybridized carbons (Fsp3) is 0.500. The molecule has 2 N–H and O–H groups in total. The molecule has 1 aromatic carbocycles. The maximum atomic E-state index is 9.71. The van der Waals surface area contributed by atoms with Gasteiger partial charge in [-0.25, -0.2) is 0 Å². The quantitative estimate of drug-likeness (QED) is 0.774. The molecule has 0 unspecified atom stereocenters. The number of methoxy groups -OCH3 is 1. The smallest absolute Gasteiger partial charge is 0.207 e. The molecule has 0 heterocycles. The lowest BCUT2D eigenvalue weighted by Crippen LogP contribution is -2.11. The van der Waals surface area contributed by atoms with E-state index in [-0.39, 0.29) is 23.4 Å². The lowest BCUT2D eigenvalue weighted by atomic mass is 10.2. The van der Waals surface area contributed by atoms with Crippen molar-refractivity contribution in [2.24, 2.45) is 0 Å². The van der Waals surface area contributed by atoms with Gasteiger partial charge in [-0.1, -0.05) is 0 Å². The summed E-state index contributed by atoms with van der Waals surface area (Å²) in [4.78, 5) is 0. The fourth-order valence-electron chi connectivity index (χ4n) is 1.99. The molecule has 0 radical (unpaired) electrons. The van der Waals surface area contributed by atoms with E-state index in [2.05, 4.69) is 0 Å². The molecule has 16 heavy (non-hydrogen) atoms. The minimum absolute atomic E-state index is 0.113. The Bertz CT molecular complexity index is 370. The molecule has 1 fully saturated rings. The van der Waals surface area contributed by atoms with Crippen molar-refractivity contribution < 1.29 is 19.7 Å². The highest BCUT2D eigenvalue weighted by Crippen LogP contribution is 2.44. The topological polar surface area (TPSA) is 58.9 Å². The van der Waals surface area contributed by atoms with E-state index in [1.165, 1.54) is 13.2 Å². The van der Waals surface area contributed by atoms with E-state index in [0.717, 1.165) is 25.7 Å². The van der Waals surface area contributed by atoms with Gasteiger partial charge in [0, 0.05) is 0 Å². The summed E-state index contributed by atoms with van der Waals surface area (Å²) in [5.41, 5.74) is 0. The Morgan fingerprint density at radius 2 is 1.88 bits per heavy atom. The lowest BCUT2D eigenvalue weighted by Gasteiger charge is -2.17. The zero-order chi connectivity index (χ0) is 11.5. The molecule has 4 heteroatoms. The molecule has 88 valence electrons. The van der Waals surface area contributed by atoms with Gasteiger partial charge in [-0.15, -0.1) is 0 Å². The predicted molar refractivity (Wildman–Crippen MR) is 59.2 cm³/mol. The maximum Gasteiger partial charge on any atom is 0.207 e. The van der Waals surface area contributed by atoms with Gasteiger partial charge < -0.3 is 19.7 Å². The van der Waals surface area contributed by atoms with Crippen molar-refractivity contribution in [1.82, 2.24) is 0 Å². The molecule has 0 saturated heterocycles. The Morgan fingerprint density at radius 1 is 1.19 bits per heavy atom. The molecular formula is C12H16O4. The average Bonchev–Trinajstić information content (AvgIpc) is 2.78. The number of rotatable bonds is 3. The molecule has 1 aliphatic rings. The van der Waals surface area contributed by atoms with Crippen molar-refractivity contribution in [3.8, 4) is 23.0 Å². The third kappa shape index (κ3) is 2.01. The Hall–Kier alpha value is -1.58. The highest BCUT2D eigenvalue weighted by molar-refractivity contribution is 5.57. The molecule has 1 aliphatic carbocycles. The molecule has 1 saturated carbocycles. The molecule has 0 amide bonds. The molecule has 0 spiro atoms. The maximum absolute atomic E-state index is 9.71. The summed E-state index contributed by atoms with van der Waals surface area (Å²) >= 11 is 0. The molecule has 0 atom stereocenters. The number of benzene rings is 1. The van der Waals surface area contributed by atoms with Gasteiger partial charge in [-0.2, -0.15) is 0 Å². The first-order chi connectivity index (χ1) is 7.72. The van der Waals surface area contributed by atoms with Crippen molar-refractivity contribution >= 4 is 0 Å². The van der Waals surface area contributed by atoms with E-state index in [1.807, 2.05) is 0 Å². The molecule has 4 nitrogen and oxygen atoms in total. The monoisotopic (exact) mass is 224 g/mol. The minimum atomic E-state index is -0.244. The van der Waals surface area contributed by atoms with E-state index in [0.29, 0.717) is 5.75 Å². The van der Waals surface area contributed by atoms with Crippen molar-refractivity contribution in [2.75, 3.05) is 7.11 Å². The Balaban J connectivity index is 2.25. The van der Waals surface area contributed by atoms with Crippen LogP contribution in [0.2, 0.25) is 0 Å². The first kappa shape index (κ1) is 10.9. The summed E-state index contributed by atoms with van der Waals surface area (Å²) in [6.45, 7) is 0. The highest BCUT2D eigenvalue weighted by atomic mass is 16.5. The van der Waals surface area contributed by atoms with Crippen LogP contribution in [0, 0.1) is 0 Å². The molecular weight excluding hydrogens is 208 g/mol. The van der Waals surface area contributed by atoms with E-state index in [4.69, 9.17) is 9.47 Å². The average molecular weight is 224 g/mol. The van der Waals surface area contributed by atoms with Gasteiger partial charge in [0.2, 0.25) is 11.5 Å². The van der Waals surface area contributed by atoms with Crippen LogP contribution in [-0.2, 0) is 0 Å². The zero-order valence-corrected chi connectivity index (χ0v) is 9.27. The van der Waals surface area contributed by atoms with Crippen LogP contribution in [0.5, 0.6) is 23.0 Å². The fourth-order valence-corrected chi connectivity index (χ4v) is 1.99. The van der Waals surface area contributed by atoms with Crippen LogP contribution in [0.25, 0.3) is 0 Å². The van der Waals surface area contributed by atoms with Crippen LogP contribution in [0.1, 0.15) is 25.7 Å². The second-order valence-corrected chi connectivity index (χ2v) is 3.99. The minimum Gasteiger partial charge on any atom is -0.504 e. The first-order valence-electron chi connectivity index (χ1n) is 5.48. The molecule has 0 aliphatic heterocycles. The van der Waals surface area contributed by atoms with Crippen LogP contribution in [0.15, 0.2) is 12.1 Å². The normalized spacial score (nSPS) is 16.3. The number of aromatic hydroxyl groups is 2. The van der Waals surface area contributed by atoms with Crippen LogP contribution in [0.3, 0.4) is 0 Å². The number of ether oxygens (including phenoxy) is 2. The van der Waals surface area contributed by atoms with Crippen molar-refractivity contribution in [3.05, 3.63) is 12.1 Å². The second kappa shape index (κ2) is 4.51. The van der Waals surface area contributed by atoms with E-state index in [9.17, 15) is 10.2 Å². The third-order valence-electron chi connectivity index (χ3n) is 2.88. The number of phenolic OH excluding ortho intramolecular Hbond substituents is 2. The molecule has 0 aromatic heterocycles. The number of hydrogen-bond donors (Lipinski definition) is 2. The van der Waals surface area contributed by atoms with Gasteiger partial charge in [0.25, 0.3) is 0 Å². The summed E-state index contributed by atoms with van der Waals surface area (Å²) in [5.74, 6) is 0.261. The second-order valence-electron chi connectivity index (χ2n) is 3.99. The van der Waals surface area contributed by atoms with Gasteiger partial charge in [-0.3, -0.25) is 0 Å². The van der Waals surface area contributed by atoms with Gasteiger partial charge >= 0.3 is 0 Å². The molecule has 1 aromatic rings. The number of hydrogen-bond acceptors (Lipinski definition) is 4. The van der Waals surface area contributed by atoms with Crippen molar-refractivity contribution in [1.29, 1.82) is 0 Å². The van der Waals surface area contributed by atoms with Crippen LogP contribution >= 0.6 is 0 Å². The van der Waals surface area contributed by atoms with Gasteiger partial charge in [0.05, 0.1) is 13.2 Å². The lowest BCUT2D eigenvalue weighted by molar-refractivity contribution is 0.190. The Morgan fingerprint density at radius 3 is 2.50 bits per heavy atom. The van der Waals surface area contributed by atoms with Crippen LogP contribution in [0.4, 0.5) is 0 Å². The first-order valence-corrected chi connectivity index (χ1v) is 5.48. The van der Waals surface area contributed by atoms with E-state index >= 15 is 0 Å². The summed E-state index contributed by atoms with van der Waals surface area (Å²) in [6, 6.07) is 2.97. The summed E-state index contributed by atoms with van der Waals surface area (Å²) in [6.07, 6.45) is 4.37. The van der Waals surface area contributed by atoms with Crippen LogP contribution < -0.4 is 9.47 Å². The summed E-state index contributed by atoms with van der Waals surface area (Å²) < 4.78 is 10.8. The van der Waals surface area contributed by atoms with E-state index in [1.54, 1.807) is 6.07 Å². The van der Waals surface area contributed by atoms with Crippen molar-refractivity contribution in [2.45, 2.75) is 31.8 Å². The Labute approximate surface area is 94.4 Å². The number of phenols is 2. The molecule has 2 rings (SSSR count). The zero-order valence-electron chi connectivity index (χ0n) is 9.27. The van der Waals surface area contributed by atoms with Gasteiger partial charge in [0.15, 0.2) is 11.5 Å². The van der Waals surface area contributed by atoms with E-state index < -0.39 is 0 Å². The van der Waals surface area contributed by atoms with Gasteiger partial charge in [0.1, 0.15) is 0 Å². The highest BCUT2D eigenvalue weighted by Gasteiger charge is 2.22. The van der Waals surface area contributed by atoms with Crippen molar-refractivity contribution in [3.63, 3.8) is 0 Å². The van der Waals surface area contributed by atoms with Crippen LogP contribution in [-0.4, -0.2) is 23.4 Å².